The van der Waals surface area contributed by atoms with E-state index in [1.165, 1.54) is 6.20 Å². The van der Waals surface area contributed by atoms with Crippen LogP contribution in [0.2, 0.25) is 0 Å². The zero-order valence-electron chi connectivity index (χ0n) is 20.8. The molecule has 0 unspecified atom stereocenters. The zero-order valence-corrected chi connectivity index (χ0v) is 20.8. The minimum atomic E-state index is -4.80. The Morgan fingerprint density at radius 3 is 2.63 bits per heavy atom. The molecule has 9 nitrogen and oxygen atoms in total. The fraction of sp³-hybridized carbons (Fsp3) is 0.423. The third-order valence-electron chi connectivity index (χ3n) is 7.07. The molecule has 1 saturated heterocycles. The molecule has 2 aliphatic rings. The number of amides is 1. The van der Waals surface area contributed by atoms with Crippen molar-refractivity contribution < 1.29 is 22.7 Å². The van der Waals surface area contributed by atoms with Crippen molar-refractivity contribution in [2.24, 2.45) is 5.41 Å². The molecule has 1 aliphatic carbocycles. The summed E-state index contributed by atoms with van der Waals surface area (Å²) in [5, 5.41) is 6.04. The topological polar surface area (TPSA) is 105 Å². The number of pyridine rings is 2. The summed E-state index contributed by atoms with van der Waals surface area (Å²) in [6, 6.07) is 7.94. The Morgan fingerprint density at radius 1 is 1.11 bits per heavy atom. The molecule has 5 rings (SSSR count). The fourth-order valence-electron chi connectivity index (χ4n) is 5.29. The normalized spacial score (nSPS) is 21.4. The van der Waals surface area contributed by atoms with Gasteiger partial charge in [-0.05, 0) is 55.7 Å². The molecule has 12 heteroatoms. The molecule has 1 saturated carbocycles. The van der Waals surface area contributed by atoms with Crippen molar-refractivity contribution in [1.29, 1.82) is 0 Å². The first-order valence-electron chi connectivity index (χ1n) is 12.5. The van der Waals surface area contributed by atoms with Gasteiger partial charge in [-0.15, -0.1) is 13.2 Å². The monoisotopic (exact) mass is 527 g/mol. The second-order valence-electron chi connectivity index (χ2n) is 9.87. The minimum absolute atomic E-state index is 0.00735. The summed E-state index contributed by atoms with van der Waals surface area (Å²) in [6.45, 7) is 3.20. The zero-order chi connectivity index (χ0) is 26.8. The van der Waals surface area contributed by atoms with Crippen LogP contribution in [0.4, 0.5) is 30.6 Å². The highest BCUT2D eigenvalue weighted by molar-refractivity contribution is 5.73. The van der Waals surface area contributed by atoms with Gasteiger partial charge in [0.25, 0.3) is 0 Å². The number of carbonyl (C=O) groups is 1. The van der Waals surface area contributed by atoms with E-state index in [0.29, 0.717) is 23.0 Å². The molecule has 1 amide bonds. The maximum absolute atomic E-state index is 12.7. The van der Waals surface area contributed by atoms with E-state index in [0.717, 1.165) is 57.3 Å². The maximum atomic E-state index is 12.7. The number of alkyl halides is 3. The molecular weight excluding hydrogens is 499 g/mol. The van der Waals surface area contributed by atoms with Crippen LogP contribution >= 0.6 is 0 Å². The molecule has 38 heavy (non-hydrogen) atoms. The average molecular weight is 528 g/mol. The van der Waals surface area contributed by atoms with Crippen molar-refractivity contribution in [3.05, 3.63) is 48.9 Å². The third kappa shape index (κ3) is 6.29. The van der Waals surface area contributed by atoms with Gasteiger partial charge in [0.1, 0.15) is 23.2 Å². The van der Waals surface area contributed by atoms with Gasteiger partial charge < -0.3 is 20.3 Å². The number of ether oxygens (including phenoxy) is 1. The molecule has 0 bridgehead atoms. The smallest absolute Gasteiger partial charge is 0.406 e. The van der Waals surface area contributed by atoms with Crippen LogP contribution in [0.5, 0.6) is 5.75 Å². The second-order valence-corrected chi connectivity index (χ2v) is 9.87. The van der Waals surface area contributed by atoms with E-state index in [1.54, 1.807) is 31.5 Å². The summed E-state index contributed by atoms with van der Waals surface area (Å²) >= 11 is 0. The van der Waals surface area contributed by atoms with Crippen molar-refractivity contribution in [1.82, 2.24) is 25.3 Å². The van der Waals surface area contributed by atoms with E-state index in [9.17, 15) is 18.0 Å². The molecule has 3 aromatic rings. The summed E-state index contributed by atoms with van der Waals surface area (Å²) in [7, 11) is 0. The van der Waals surface area contributed by atoms with Crippen LogP contribution in [0.25, 0.3) is 11.4 Å². The second kappa shape index (κ2) is 10.4. The first-order chi connectivity index (χ1) is 18.2. The predicted molar refractivity (Wildman–Crippen MR) is 135 cm³/mol. The highest BCUT2D eigenvalue weighted by atomic mass is 19.4. The van der Waals surface area contributed by atoms with Crippen LogP contribution in [0, 0.1) is 5.41 Å². The summed E-state index contributed by atoms with van der Waals surface area (Å²) < 4.78 is 42.1. The Balaban J connectivity index is 1.38. The molecule has 3 aromatic heterocycles. The predicted octanol–water partition coefficient (Wildman–Crippen LogP) is 4.85. The van der Waals surface area contributed by atoms with E-state index in [-0.39, 0.29) is 28.9 Å². The SMILES string of the molecule is CC(=O)NC1CCC2(CC1)CCN(c1cc(Nc3cc(OC(F)(F)F)ccn3)nc(-c3cccnc3)n1)C2. The van der Waals surface area contributed by atoms with Gasteiger partial charge in [-0.1, -0.05) is 0 Å². The Bertz CT molecular complexity index is 1280. The van der Waals surface area contributed by atoms with Crippen molar-refractivity contribution in [2.45, 2.75) is 51.4 Å². The number of hydrogen-bond acceptors (Lipinski definition) is 8. The molecular formula is C26H28F3N7O2. The highest BCUT2D eigenvalue weighted by Gasteiger charge is 2.41. The Labute approximate surface area is 217 Å². The quantitative estimate of drug-likeness (QED) is 0.469. The van der Waals surface area contributed by atoms with Crippen molar-refractivity contribution in [2.75, 3.05) is 23.3 Å². The number of aromatic nitrogens is 4. The summed E-state index contributed by atoms with van der Waals surface area (Å²) in [5.41, 5.74) is 0.872. The summed E-state index contributed by atoms with van der Waals surface area (Å²) in [4.78, 5) is 31.3. The van der Waals surface area contributed by atoms with Crippen molar-refractivity contribution in [3.63, 3.8) is 0 Å². The van der Waals surface area contributed by atoms with Gasteiger partial charge in [-0.3, -0.25) is 9.78 Å². The highest BCUT2D eigenvalue weighted by Crippen LogP contribution is 2.45. The lowest BCUT2D eigenvalue weighted by Gasteiger charge is -2.37. The van der Waals surface area contributed by atoms with Crippen LogP contribution in [-0.4, -0.2) is 51.3 Å². The van der Waals surface area contributed by atoms with Crippen LogP contribution in [0.1, 0.15) is 39.0 Å². The lowest BCUT2D eigenvalue weighted by molar-refractivity contribution is -0.274. The van der Waals surface area contributed by atoms with Gasteiger partial charge in [-0.25, -0.2) is 15.0 Å². The maximum Gasteiger partial charge on any atom is 0.573 e. The minimum Gasteiger partial charge on any atom is -0.406 e. The van der Waals surface area contributed by atoms with E-state index in [2.05, 4.69) is 35.2 Å². The van der Waals surface area contributed by atoms with E-state index >= 15 is 0 Å². The standard InChI is InChI=1S/C26H28F3N7O2/c1-17(37)32-19-4-7-25(8-5-19)9-12-36(16-25)23-14-22(34-24(35-23)18-3-2-10-30-15-18)33-21-13-20(6-11-31-21)38-26(27,28)29/h2-3,6,10-11,13-15,19H,4-5,7-9,12,16H2,1H3,(H,32,37)(H,31,33,34,35). The average Bonchev–Trinajstić information content (AvgIpc) is 3.29. The first-order valence-corrected chi connectivity index (χ1v) is 12.5. The summed E-state index contributed by atoms with van der Waals surface area (Å²) in [6.07, 6.45) is 4.72. The molecule has 4 heterocycles. The number of anilines is 3. The summed E-state index contributed by atoms with van der Waals surface area (Å²) in [5.74, 6) is 1.32. The van der Waals surface area contributed by atoms with Crippen molar-refractivity contribution in [3.8, 4) is 17.1 Å². The number of nitrogens with one attached hydrogen (secondary N) is 2. The number of rotatable bonds is 6. The Kier molecular flexibility index (Phi) is 7.04. The van der Waals surface area contributed by atoms with E-state index in [4.69, 9.17) is 4.98 Å². The molecule has 1 aliphatic heterocycles. The molecule has 2 N–H and O–H groups in total. The molecule has 200 valence electrons. The number of halogens is 3. The van der Waals surface area contributed by atoms with Gasteiger partial charge in [0.15, 0.2) is 5.82 Å². The van der Waals surface area contributed by atoms with Gasteiger partial charge in [0.2, 0.25) is 5.91 Å². The van der Waals surface area contributed by atoms with Crippen LogP contribution < -0.4 is 20.3 Å². The largest absolute Gasteiger partial charge is 0.573 e. The van der Waals surface area contributed by atoms with Crippen molar-refractivity contribution >= 4 is 23.4 Å². The molecule has 0 radical (unpaired) electrons. The molecule has 2 fully saturated rings. The van der Waals surface area contributed by atoms with Crippen LogP contribution in [0.15, 0.2) is 48.9 Å². The number of nitrogens with zero attached hydrogens (tertiary/aromatic N) is 5. The molecule has 0 aromatic carbocycles. The Hall–Kier alpha value is -3.96. The van der Waals surface area contributed by atoms with Gasteiger partial charge in [0, 0.05) is 62.3 Å². The van der Waals surface area contributed by atoms with Gasteiger partial charge in [0.05, 0.1) is 0 Å². The van der Waals surface area contributed by atoms with Crippen LogP contribution in [-0.2, 0) is 4.79 Å². The third-order valence-corrected chi connectivity index (χ3v) is 7.07. The first kappa shape index (κ1) is 25.7. The number of carbonyl (C=O) groups excluding carboxylic acids is 1. The Morgan fingerprint density at radius 2 is 1.92 bits per heavy atom. The molecule has 0 atom stereocenters. The van der Waals surface area contributed by atoms with Gasteiger partial charge in [-0.2, -0.15) is 0 Å². The lowest BCUT2D eigenvalue weighted by Crippen LogP contribution is -2.40. The molecule has 1 spiro atoms. The van der Waals surface area contributed by atoms with Crippen LogP contribution in [0.3, 0.4) is 0 Å². The fourth-order valence-corrected chi connectivity index (χ4v) is 5.29. The lowest BCUT2D eigenvalue weighted by atomic mass is 9.72. The van der Waals surface area contributed by atoms with Gasteiger partial charge >= 0.3 is 6.36 Å². The van der Waals surface area contributed by atoms with E-state index in [1.807, 2.05) is 6.07 Å². The number of hydrogen-bond donors (Lipinski definition) is 2. The van der Waals surface area contributed by atoms with E-state index < -0.39 is 6.36 Å².